The van der Waals surface area contributed by atoms with E-state index in [2.05, 4.69) is 36.3 Å². The number of benzene rings is 1. The van der Waals surface area contributed by atoms with E-state index < -0.39 is 0 Å². The first-order valence-corrected chi connectivity index (χ1v) is 5.76. The van der Waals surface area contributed by atoms with Crippen molar-refractivity contribution in [1.82, 2.24) is 15.0 Å². The quantitative estimate of drug-likeness (QED) is 0.810. The van der Waals surface area contributed by atoms with Crippen LogP contribution >= 0.6 is 0 Å². The average molecular weight is 231 g/mol. The van der Waals surface area contributed by atoms with Crippen molar-refractivity contribution in [1.29, 1.82) is 0 Å². The Kier molecular flexibility index (Phi) is 3.42. The summed E-state index contributed by atoms with van der Waals surface area (Å²) in [6.07, 6.45) is 2.77. The summed E-state index contributed by atoms with van der Waals surface area (Å²) in [7, 11) is 1.86. The predicted molar refractivity (Wildman–Crippen MR) is 65.9 cm³/mol. The molecule has 0 aliphatic carbocycles. The Morgan fingerprint density at radius 2 is 2.18 bits per heavy atom. The summed E-state index contributed by atoms with van der Waals surface area (Å²) < 4.78 is 7.48. The molecule has 1 heterocycles. The summed E-state index contributed by atoms with van der Waals surface area (Å²) in [4.78, 5) is 0. The summed E-state index contributed by atoms with van der Waals surface area (Å²) in [5, 5.41) is 7.68. The Morgan fingerprint density at radius 3 is 2.76 bits per heavy atom. The molecular formula is C13H17N3O. The zero-order valence-corrected chi connectivity index (χ0v) is 10.5. The van der Waals surface area contributed by atoms with Gasteiger partial charge in [0.2, 0.25) is 0 Å². The first kappa shape index (κ1) is 11.6. The minimum atomic E-state index is 0.496. The number of ether oxygens (including phenoxy) is 1. The van der Waals surface area contributed by atoms with Crippen molar-refractivity contribution in [2.45, 2.75) is 26.9 Å². The van der Waals surface area contributed by atoms with Crippen LogP contribution in [0, 0.1) is 6.92 Å². The molecule has 2 rings (SSSR count). The van der Waals surface area contributed by atoms with Crippen LogP contribution in [0.25, 0.3) is 0 Å². The SMILES string of the molecule is CCc1ccc(OCc2cnnn2C)c(C)c1. The van der Waals surface area contributed by atoms with Crippen LogP contribution in [-0.4, -0.2) is 15.0 Å². The molecule has 4 heteroatoms. The highest BCUT2D eigenvalue weighted by atomic mass is 16.5. The van der Waals surface area contributed by atoms with Crippen LogP contribution in [0.15, 0.2) is 24.4 Å². The van der Waals surface area contributed by atoms with Crippen molar-refractivity contribution in [3.8, 4) is 5.75 Å². The van der Waals surface area contributed by atoms with Gasteiger partial charge in [0.25, 0.3) is 0 Å². The molecule has 0 unspecified atom stereocenters. The van der Waals surface area contributed by atoms with E-state index in [0.29, 0.717) is 6.61 Å². The highest BCUT2D eigenvalue weighted by molar-refractivity contribution is 5.36. The molecule has 0 radical (unpaired) electrons. The molecule has 0 spiro atoms. The first-order chi connectivity index (χ1) is 8.20. The Labute approximate surface area is 101 Å². The zero-order chi connectivity index (χ0) is 12.3. The summed E-state index contributed by atoms with van der Waals surface area (Å²) >= 11 is 0. The molecular weight excluding hydrogens is 214 g/mol. The number of nitrogens with zero attached hydrogens (tertiary/aromatic N) is 3. The maximum atomic E-state index is 5.76. The highest BCUT2D eigenvalue weighted by Crippen LogP contribution is 2.20. The van der Waals surface area contributed by atoms with Gasteiger partial charge in [0.15, 0.2) is 0 Å². The fourth-order valence-corrected chi connectivity index (χ4v) is 1.69. The van der Waals surface area contributed by atoms with Gasteiger partial charge in [0.05, 0.1) is 11.9 Å². The molecule has 0 N–H and O–H groups in total. The van der Waals surface area contributed by atoms with Crippen LogP contribution in [0.5, 0.6) is 5.75 Å². The minimum Gasteiger partial charge on any atom is -0.487 e. The number of aromatic nitrogens is 3. The third kappa shape index (κ3) is 2.64. The van der Waals surface area contributed by atoms with Crippen molar-refractivity contribution in [2.75, 3.05) is 0 Å². The summed E-state index contributed by atoms with van der Waals surface area (Å²) in [5.74, 6) is 0.920. The lowest BCUT2D eigenvalue weighted by molar-refractivity contribution is 0.293. The Bertz CT molecular complexity index is 505. The molecule has 2 aromatic rings. The van der Waals surface area contributed by atoms with E-state index in [-0.39, 0.29) is 0 Å². The Morgan fingerprint density at radius 1 is 1.35 bits per heavy atom. The van der Waals surface area contributed by atoms with E-state index in [0.717, 1.165) is 17.9 Å². The Balaban J connectivity index is 2.07. The standard InChI is InChI=1S/C13H17N3O/c1-4-11-5-6-13(10(2)7-11)17-9-12-8-14-15-16(12)3/h5-8H,4,9H2,1-3H3. The maximum Gasteiger partial charge on any atom is 0.132 e. The molecule has 1 aromatic carbocycles. The molecule has 1 aromatic heterocycles. The van der Waals surface area contributed by atoms with E-state index >= 15 is 0 Å². The Hall–Kier alpha value is -1.84. The van der Waals surface area contributed by atoms with Gasteiger partial charge < -0.3 is 4.74 Å². The summed E-state index contributed by atoms with van der Waals surface area (Å²) in [6.45, 7) is 4.71. The molecule has 0 aliphatic heterocycles. The second-order valence-corrected chi connectivity index (χ2v) is 4.09. The monoisotopic (exact) mass is 231 g/mol. The van der Waals surface area contributed by atoms with Crippen molar-refractivity contribution in [3.05, 3.63) is 41.2 Å². The lowest BCUT2D eigenvalue weighted by atomic mass is 10.1. The van der Waals surface area contributed by atoms with Crippen molar-refractivity contribution in [3.63, 3.8) is 0 Å². The van der Waals surface area contributed by atoms with Gasteiger partial charge in [0, 0.05) is 7.05 Å². The topological polar surface area (TPSA) is 39.9 Å². The summed E-state index contributed by atoms with van der Waals surface area (Å²) in [5.41, 5.74) is 3.46. The van der Waals surface area contributed by atoms with Gasteiger partial charge in [0.1, 0.15) is 12.4 Å². The van der Waals surface area contributed by atoms with Gasteiger partial charge in [-0.3, -0.25) is 0 Å². The van der Waals surface area contributed by atoms with Crippen LogP contribution in [0.4, 0.5) is 0 Å². The van der Waals surface area contributed by atoms with Gasteiger partial charge in [-0.2, -0.15) is 0 Å². The smallest absolute Gasteiger partial charge is 0.132 e. The largest absolute Gasteiger partial charge is 0.487 e. The average Bonchev–Trinajstić information content (AvgIpc) is 2.73. The lowest BCUT2D eigenvalue weighted by Crippen LogP contribution is -2.03. The maximum absolute atomic E-state index is 5.76. The molecule has 4 nitrogen and oxygen atoms in total. The van der Waals surface area contributed by atoms with Crippen LogP contribution in [0.1, 0.15) is 23.7 Å². The normalized spacial score (nSPS) is 10.5. The molecule has 0 atom stereocenters. The van der Waals surface area contributed by atoms with Gasteiger partial charge in [-0.15, -0.1) is 5.10 Å². The van der Waals surface area contributed by atoms with Crippen LogP contribution in [-0.2, 0) is 20.1 Å². The van der Waals surface area contributed by atoms with E-state index in [1.165, 1.54) is 11.1 Å². The fraction of sp³-hybridized carbons (Fsp3) is 0.385. The van der Waals surface area contributed by atoms with E-state index in [4.69, 9.17) is 4.74 Å². The predicted octanol–water partition coefficient (Wildman–Crippen LogP) is 2.26. The number of aryl methyl sites for hydroxylation is 3. The highest BCUT2D eigenvalue weighted by Gasteiger charge is 2.04. The third-order valence-corrected chi connectivity index (χ3v) is 2.83. The van der Waals surface area contributed by atoms with Crippen LogP contribution in [0.3, 0.4) is 0 Å². The third-order valence-electron chi connectivity index (χ3n) is 2.83. The van der Waals surface area contributed by atoms with E-state index in [9.17, 15) is 0 Å². The minimum absolute atomic E-state index is 0.496. The fourth-order valence-electron chi connectivity index (χ4n) is 1.69. The number of hydrogen-bond donors (Lipinski definition) is 0. The molecule has 0 saturated heterocycles. The van der Waals surface area contributed by atoms with E-state index in [1.807, 2.05) is 13.1 Å². The van der Waals surface area contributed by atoms with Crippen molar-refractivity contribution >= 4 is 0 Å². The molecule has 0 amide bonds. The molecule has 90 valence electrons. The van der Waals surface area contributed by atoms with Crippen molar-refractivity contribution < 1.29 is 4.74 Å². The number of rotatable bonds is 4. The van der Waals surface area contributed by atoms with Gasteiger partial charge in [-0.1, -0.05) is 24.3 Å². The van der Waals surface area contributed by atoms with E-state index in [1.54, 1.807) is 10.9 Å². The van der Waals surface area contributed by atoms with Gasteiger partial charge in [-0.25, -0.2) is 4.68 Å². The molecule has 17 heavy (non-hydrogen) atoms. The molecule has 0 saturated carbocycles. The van der Waals surface area contributed by atoms with Gasteiger partial charge in [-0.05, 0) is 30.5 Å². The zero-order valence-electron chi connectivity index (χ0n) is 10.5. The van der Waals surface area contributed by atoms with Crippen molar-refractivity contribution in [2.24, 2.45) is 7.05 Å². The second-order valence-electron chi connectivity index (χ2n) is 4.09. The summed E-state index contributed by atoms with van der Waals surface area (Å²) in [6, 6.07) is 6.29. The molecule has 0 bridgehead atoms. The van der Waals surface area contributed by atoms with Crippen LogP contribution in [0.2, 0.25) is 0 Å². The number of hydrogen-bond acceptors (Lipinski definition) is 3. The first-order valence-electron chi connectivity index (χ1n) is 5.76. The molecule has 0 fully saturated rings. The second kappa shape index (κ2) is 4.99. The van der Waals surface area contributed by atoms with Gasteiger partial charge >= 0.3 is 0 Å². The van der Waals surface area contributed by atoms with Crippen LogP contribution < -0.4 is 4.74 Å². The lowest BCUT2D eigenvalue weighted by Gasteiger charge is -2.09. The molecule has 0 aliphatic rings.